The minimum Gasteiger partial charge on any atom is -0.478 e. The van der Waals surface area contributed by atoms with Crippen LogP contribution in [-0.2, 0) is 0 Å². The second-order valence-electron chi connectivity index (χ2n) is 5.95. The third-order valence-corrected chi connectivity index (χ3v) is 4.93. The Morgan fingerprint density at radius 1 is 1.43 bits per heavy atom. The smallest absolute Gasteiger partial charge is 0.337 e. The lowest BCUT2D eigenvalue weighted by atomic mass is 9.97. The van der Waals surface area contributed by atoms with Crippen molar-refractivity contribution in [2.45, 2.75) is 38.3 Å². The summed E-state index contributed by atoms with van der Waals surface area (Å²) in [6.07, 6.45) is 5.26. The molecule has 3 rings (SSSR count). The molecule has 21 heavy (non-hydrogen) atoms. The zero-order chi connectivity index (χ0) is 15.0. The molecule has 1 aromatic rings. The lowest BCUT2D eigenvalue weighted by Crippen LogP contribution is -2.59. The van der Waals surface area contributed by atoms with Crippen molar-refractivity contribution in [2.24, 2.45) is 0 Å². The Balaban J connectivity index is 1.89. The fraction of sp³-hybridized carbons (Fsp3) is 0.600. The number of fused-ring (bicyclic) bond motifs is 1. The molecular formula is C15H20ClN3O2. The van der Waals surface area contributed by atoms with Crippen molar-refractivity contribution in [3.8, 4) is 0 Å². The Morgan fingerprint density at radius 2 is 2.24 bits per heavy atom. The van der Waals surface area contributed by atoms with Crippen molar-refractivity contribution in [1.82, 2.24) is 9.88 Å². The number of piperazine rings is 1. The average Bonchev–Trinajstić information content (AvgIpc) is 2.47. The molecule has 0 aromatic carbocycles. The molecule has 1 aromatic heterocycles. The maximum absolute atomic E-state index is 11.2. The van der Waals surface area contributed by atoms with Crippen LogP contribution in [0.5, 0.6) is 0 Å². The fourth-order valence-electron chi connectivity index (χ4n) is 3.45. The number of hydrogen-bond donors (Lipinski definition) is 1. The van der Waals surface area contributed by atoms with Gasteiger partial charge in [-0.1, -0.05) is 18.0 Å². The first-order valence-corrected chi connectivity index (χ1v) is 7.84. The highest BCUT2D eigenvalue weighted by atomic mass is 35.5. The topological polar surface area (TPSA) is 56.7 Å². The van der Waals surface area contributed by atoms with Crippen LogP contribution in [0.2, 0.25) is 5.02 Å². The largest absolute Gasteiger partial charge is 0.478 e. The summed E-state index contributed by atoms with van der Waals surface area (Å²) < 4.78 is 0. The van der Waals surface area contributed by atoms with Crippen LogP contribution in [0.25, 0.3) is 0 Å². The quantitative estimate of drug-likeness (QED) is 0.909. The number of halogens is 1. The minimum atomic E-state index is -1.01. The molecule has 0 amide bonds. The van der Waals surface area contributed by atoms with E-state index in [-0.39, 0.29) is 16.6 Å². The Kier molecular flexibility index (Phi) is 4.04. The number of rotatable bonds is 2. The number of anilines is 1. The van der Waals surface area contributed by atoms with Crippen LogP contribution in [-0.4, -0.2) is 52.7 Å². The van der Waals surface area contributed by atoms with Crippen LogP contribution < -0.4 is 4.90 Å². The lowest BCUT2D eigenvalue weighted by molar-refractivity contribution is 0.0697. The molecule has 5 nitrogen and oxygen atoms in total. The van der Waals surface area contributed by atoms with Gasteiger partial charge in [-0.15, -0.1) is 0 Å². The third-order valence-electron chi connectivity index (χ3n) is 4.56. The van der Waals surface area contributed by atoms with Crippen LogP contribution in [0.1, 0.15) is 36.5 Å². The highest BCUT2D eigenvalue weighted by molar-refractivity contribution is 6.35. The predicted molar refractivity (Wildman–Crippen MR) is 82.2 cm³/mol. The number of nitrogens with zero attached hydrogens (tertiary/aromatic N) is 3. The molecule has 0 aliphatic carbocycles. The molecule has 2 fully saturated rings. The summed E-state index contributed by atoms with van der Waals surface area (Å²) in [7, 11) is 0. The van der Waals surface area contributed by atoms with E-state index in [2.05, 4.69) is 21.7 Å². The van der Waals surface area contributed by atoms with Gasteiger partial charge in [0, 0.05) is 31.4 Å². The van der Waals surface area contributed by atoms with Gasteiger partial charge in [0.1, 0.15) is 5.82 Å². The van der Waals surface area contributed by atoms with Crippen molar-refractivity contribution in [1.29, 1.82) is 0 Å². The number of aromatic carboxylic acids is 1. The molecule has 2 atom stereocenters. The molecule has 6 heteroatoms. The molecule has 0 spiro atoms. The van der Waals surface area contributed by atoms with Crippen LogP contribution in [0, 0.1) is 0 Å². The molecule has 114 valence electrons. The van der Waals surface area contributed by atoms with Crippen molar-refractivity contribution in [3.05, 3.63) is 22.8 Å². The van der Waals surface area contributed by atoms with E-state index in [9.17, 15) is 9.90 Å². The SMILES string of the molecule is CC1CN2CCCCC2CN1c1nccc(C(=O)O)c1Cl. The monoisotopic (exact) mass is 309 g/mol. The molecule has 0 radical (unpaired) electrons. The summed E-state index contributed by atoms with van der Waals surface area (Å²) in [6.45, 7) is 5.17. The van der Waals surface area contributed by atoms with E-state index in [0.29, 0.717) is 11.9 Å². The van der Waals surface area contributed by atoms with Gasteiger partial charge in [0.05, 0.1) is 10.6 Å². The zero-order valence-corrected chi connectivity index (χ0v) is 12.9. The highest BCUT2D eigenvalue weighted by Gasteiger charge is 2.34. The number of carbonyl (C=O) groups is 1. The molecule has 1 N–H and O–H groups in total. The highest BCUT2D eigenvalue weighted by Crippen LogP contribution is 2.32. The first-order chi connectivity index (χ1) is 10.1. The van der Waals surface area contributed by atoms with Gasteiger partial charge in [-0.05, 0) is 32.4 Å². The standard InChI is InChI=1S/C15H20ClN3O2/c1-10-8-18-7-3-2-4-11(18)9-19(10)14-13(16)12(15(20)21)5-6-17-14/h5-6,10-11H,2-4,7-9H2,1H3,(H,20,21). The van der Waals surface area contributed by atoms with Crippen molar-refractivity contribution < 1.29 is 9.90 Å². The number of pyridine rings is 1. The van der Waals surface area contributed by atoms with Gasteiger partial charge in [-0.2, -0.15) is 0 Å². The van der Waals surface area contributed by atoms with Crippen LogP contribution >= 0.6 is 11.6 Å². The van der Waals surface area contributed by atoms with Gasteiger partial charge in [0.25, 0.3) is 0 Å². The molecule has 3 heterocycles. The third kappa shape index (κ3) is 2.72. The first-order valence-electron chi connectivity index (χ1n) is 7.46. The molecular weight excluding hydrogens is 290 g/mol. The lowest BCUT2D eigenvalue weighted by Gasteiger charge is -2.48. The summed E-state index contributed by atoms with van der Waals surface area (Å²) in [5, 5.41) is 9.45. The predicted octanol–water partition coefficient (Wildman–Crippen LogP) is 2.50. The van der Waals surface area contributed by atoms with E-state index in [1.165, 1.54) is 38.1 Å². The number of piperidine rings is 1. The molecule has 2 saturated heterocycles. The zero-order valence-electron chi connectivity index (χ0n) is 12.1. The Morgan fingerprint density at radius 3 is 3.00 bits per heavy atom. The maximum Gasteiger partial charge on any atom is 0.337 e. The number of aromatic nitrogens is 1. The van der Waals surface area contributed by atoms with Crippen molar-refractivity contribution in [3.63, 3.8) is 0 Å². The maximum atomic E-state index is 11.2. The minimum absolute atomic E-state index is 0.125. The van der Waals surface area contributed by atoms with Crippen LogP contribution in [0.15, 0.2) is 12.3 Å². The van der Waals surface area contributed by atoms with E-state index in [4.69, 9.17) is 11.6 Å². The fourth-order valence-corrected chi connectivity index (χ4v) is 3.75. The van der Waals surface area contributed by atoms with E-state index < -0.39 is 5.97 Å². The Labute approximate surface area is 129 Å². The number of hydrogen-bond acceptors (Lipinski definition) is 4. The summed E-state index contributed by atoms with van der Waals surface area (Å²) in [5.41, 5.74) is 0.125. The van der Waals surface area contributed by atoms with Gasteiger partial charge in [-0.25, -0.2) is 9.78 Å². The van der Waals surface area contributed by atoms with Gasteiger partial charge < -0.3 is 10.0 Å². The Hall–Kier alpha value is -1.33. The summed E-state index contributed by atoms with van der Waals surface area (Å²) in [6, 6.07) is 2.27. The van der Waals surface area contributed by atoms with E-state index in [0.717, 1.165) is 13.1 Å². The number of carboxylic acid groups (broad SMARTS) is 1. The molecule has 0 saturated carbocycles. The molecule has 2 aliphatic rings. The normalized spacial score (nSPS) is 26.5. The van der Waals surface area contributed by atoms with Crippen LogP contribution in [0.4, 0.5) is 5.82 Å². The van der Waals surface area contributed by atoms with E-state index in [1.54, 1.807) is 0 Å². The van der Waals surface area contributed by atoms with Gasteiger partial charge >= 0.3 is 5.97 Å². The van der Waals surface area contributed by atoms with E-state index in [1.807, 2.05) is 0 Å². The summed E-state index contributed by atoms with van der Waals surface area (Å²) >= 11 is 6.28. The van der Waals surface area contributed by atoms with Crippen molar-refractivity contribution in [2.75, 3.05) is 24.5 Å². The summed E-state index contributed by atoms with van der Waals surface area (Å²) in [4.78, 5) is 20.3. The second-order valence-corrected chi connectivity index (χ2v) is 6.33. The van der Waals surface area contributed by atoms with Gasteiger partial charge in [0.2, 0.25) is 0 Å². The summed E-state index contributed by atoms with van der Waals surface area (Å²) in [5.74, 6) is -0.401. The van der Waals surface area contributed by atoms with Gasteiger partial charge in [-0.3, -0.25) is 4.90 Å². The van der Waals surface area contributed by atoms with Crippen LogP contribution in [0.3, 0.4) is 0 Å². The number of carboxylic acids is 1. The Bertz CT molecular complexity index is 552. The van der Waals surface area contributed by atoms with Gasteiger partial charge in [0.15, 0.2) is 0 Å². The first kappa shape index (κ1) is 14.6. The van der Waals surface area contributed by atoms with E-state index >= 15 is 0 Å². The average molecular weight is 310 g/mol. The molecule has 0 bridgehead atoms. The second kappa shape index (κ2) is 5.81. The van der Waals surface area contributed by atoms with Crippen molar-refractivity contribution >= 4 is 23.4 Å². The molecule has 2 unspecified atom stereocenters. The molecule has 2 aliphatic heterocycles.